The maximum Gasteiger partial charge on any atom is 0.321 e. The van der Waals surface area contributed by atoms with Gasteiger partial charge in [-0.2, -0.15) is 0 Å². The van der Waals surface area contributed by atoms with Crippen LogP contribution in [-0.2, 0) is 6.54 Å². The van der Waals surface area contributed by atoms with Crippen LogP contribution in [0.4, 0.5) is 16.2 Å². The average molecular weight is 400 g/mol. The number of thiazole rings is 1. The number of aromatic nitrogens is 1. The fourth-order valence-corrected chi connectivity index (χ4v) is 4.56. The summed E-state index contributed by atoms with van der Waals surface area (Å²) in [6, 6.07) is 8.25. The summed E-state index contributed by atoms with van der Waals surface area (Å²) in [5.74, 6) is 0. The molecule has 0 saturated carbocycles. The first kappa shape index (κ1) is 19.2. The molecule has 3 heterocycles. The van der Waals surface area contributed by atoms with Gasteiger partial charge in [0.15, 0.2) is 0 Å². The van der Waals surface area contributed by atoms with E-state index in [0.29, 0.717) is 0 Å². The molecule has 28 heavy (non-hydrogen) atoms. The second-order valence-corrected chi connectivity index (χ2v) is 8.71. The predicted octanol–water partition coefficient (Wildman–Crippen LogP) is 3.79. The van der Waals surface area contributed by atoms with Crippen molar-refractivity contribution in [2.75, 3.05) is 49.5 Å². The smallest absolute Gasteiger partial charge is 0.321 e. The van der Waals surface area contributed by atoms with Crippen LogP contribution >= 0.6 is 11.3 Å². The minimum atomic E-state index is -0.0000491. The van der Waals surface area contributed by atoms with Gasteiger partial charge >= 0.3 is 6.03 Å². The minimum Gasteiger partial charge on any atom is -0.371 e. The first-order valence-corrected chi connectivity index (χ1v) is 11.1. The summed E-state index contributed by atoms with van der Waals surface area (Å²) in [6.07, 6.45) is 3.82. The second-order valence-electron chi connectivity index (χ2n) is 7.65. The molecule has 2 fully saturated rings. The van der Waals surface area contributed by atoms with E-state index in [1.807, 2.05) is 24.0 Å². The number of anilines is 2. The molecule has 0 unspecified atom stereocenters. The number of rotatable bonds is 4. The van der Waals surface area contributed by atoms with Gasteiger partial charge in [-0.3, -0.25) is 4.90 Å². The zero-order chi connectivity index (χ0) is 19.3. The number of aryl methyl sites for hydroxylation is 1. The Balaban J connectivity index is 1.28. The molecule has 1 aromatic carbocycles. The van der Waals surface area contributed by atoms with E-state index in [1.54, 1.807) is 11.3 Å². The molecule has 6 nitrogen and oxygen atoms in total. The van der Waals surface area contributed by atoms with Crippen LogP contribution in [0.2, 0.25) is 0 Å². The van der Waals surface area contributed by atoms with Gasteiger partial charge in [0.1, 0.15) is 0 Å². The van der Waals surface area contributed by atoms with E-state index in [9.17, 15) is 4.79 Å². The van der Waals surface area contributed by atoms with Crippen molar-refractivity contribution in [1.82, 2.24) is 14.8 Å². The van der Waals surface area contributed by atoms with Gasteiger partial charge in [-0.15, -0.1) is 11.3 Å². The molecule has 0 radical (unpaired) electrons. The molecule has 2 aromatic rings. The maximum absolute atomic E-state index is 12.7. The van der Waals surface area contributed by atoms with Gasteiger partial charge in [0, 0.05) is 62.6 Å². The van der Waals surface area contributed by atoms with E-state index >= 15 is 0 Å². The maximum atomic E-state index is 12.7. The van der Waals surface area contributed by atoms with Gasteiger partial charge < -0.3 is 15.1 Å². The van der Waals surface area contributed by atoms with Gasteiger partial charge in [0.05, 0.1) is 10.7 Å². The van der Waals surface area contributed by atoms with Crippen molar-refractivity contribution in [2.45, 2.75) is 32.7 Å². The number of piperazine rings is 1. The molecule has 0 aliphatic carbocycles. The molecule has 0 atom stereocenters. The number of amides is 2. The summed E-state index contributed by atoms with van der Waals surface area (Å²) in [5, 5.41) is 6.33. The molecule has 1 aromatic heterocycles. The van der Waals surface area contributed by atoms with Gasteiger partial charge in [-0.25, -0.2) is 9.78 Å². The number of urea groups is 1. The Hall–Kier alpha value is -2.12. The van der Waals surface area contributed by atoms with E-state index in [2.05, 4.69) is 37.6 Å². The summed E-state index contributed by atoms with van der Waals surface area (Å²) >= 11 is 1.70. The minimum absolute atomic E-state index is 0.0000491. The Morgan fingerprint density at radius 1 is 1.11 bits per heavy atom. The van der Waals surface area contributed by atoms with Crippen LogP contribution in [0, 0.1) is 6.92 Å². The first-order valence-electron chi connectivity index (χ1n) is 10.2. The van der Waals surface area contributed by atoms with E-state index in [4.69, 9.17) is 0 Å². The van der Waals surface area contributed by atoms with E-state index in [0.717, 1.165) is 62.2 Å². The number of benzene rings is 1. The molecule has 150 valence electrons. The van der Waals surface area contributed by atoms with Gasteiger partial charge in [-0.05, 0) is 44.4 Å². The van der Waals surface area contributed by atoms with Crippen molar-refractivity contribution in [3.05, 3.63) is 40.3 Å². The summed E-state index contributed by atoms with van der Waals surface area (Å²) in [6.45, 7) is 8.40. The topological polar surface area (TPSA) is 51.7 Å². The van der Waals surface area contributed by atoms with Crippen molar-refractivity contribution in [1.29, 1.82) is 0 Å². The Morgan fingerprint density at radius 3 is 2.61 bits per heavy atom. The molecular formula is C21H29N5OS. The number of carbonyl (C=O) groups excluding carboxylic acids is 1. The summed E-state index contributed by atoms with van der Waals surface area (Å²) < 4.78 is 0. The molecule has 0 spiro atoms. The van der Waals surface area contributed by atoms with Gasteiger partial charge in [0.2, 0.25) is 0 Å². The van der Waals surface area contributed by atoms with E-state index in [1.165, 1.54) is 24.9 Å². The number of hydrogen-bond acceptors (Lipinski definition) is 5. The lowest BCUT2D eigenvalue weighted by Gasteiger charge is -2.34. The number of nitrogens with zero attached hydrogens (tertiary/aromatic N) is 4. The number of piperidine rings is 1. The number of nitrogens with one attached hydrogen (secondary N) is 1. The molecular weight excluding hydrogens is 370 g/mol. The molecule has 1 N–H and O–H groups in total. The lowest BCUT2D eigenvalue weighted by molar-refractivity contribution is 0.142. The Labute approximate surface area is 171 Å². The molecule has 2 amide bonds. The zero-order valence-corrected chi connectivity index (χ0v) is 17.4. The SMILES string of the molecule is Cc1nc(CN2CCN(C(=O)Nc3cccc(N4CCCCC4)c3)CC2)cs1. The van der Waals surface area contributed by atoms with Crippen LogP contribution in [0.1, 0.15) is 30.0 Å². The normalized spacial score (nSPS) is 18.3. The molecule has 2 aliphatic heterocycles. The molecule has 7 heteroatoms. The highest BCUT2D eigenvalue weighted by atomic mass is 32.1. The van der Waals surface area contributed by atoms with Crippen LogP contribution in [0.15, 0.2) is 29.6 Å². The third-order valence-electron chi connectivity index (χ3n) is 5.53. The fraction of sp³-hybridized carbons (Fsp3) is 0.524. The summed E-state index contributed by atoms with van der Waals surface area (Å²) in [7, 11) is 0. The Bertz CT molecular complexity index is 794. The van der Waals surface area contributed by atoms with E-state index in [-0.39, 0.29) is 6.03 Å². The summed E-state index contributed by atoms with van der Waals surface area (Å²) in [4.78, 5) is 23.9. The van der Waals surface area contributed by atoms with Crippen molar-refractivity contribution >= 4 is 28.7 Å². The van der Waals surface area contributed by atoms with Crippen molar-refractivity contribution in [2.24, 2.45) is 0 Å². The largest absolute Gasteiger partial charge is 0.371 e. The van der Waals surface area contributed by atoms with E-state index < -0.39 is 0 Å². The van der Waals surface area contributed by atoms with Gasteiger partial charge in [0.25, 0.3) is 0 Å². The molecule has 2 aliphatic rings. The van der Waals surface area contributed by atoms with Crippen molar-refractivity contribution in [3.63, 3.8) is 0 Å². The monoisotopic (exact) mass is 399 g/mol. The van der Waals surface area contributed by atoms with Crippen LogP contribution in [-0.4, -0.2) is 60.1 Å². The first-order chi connectivity index (χ1) is 13.7. The third kappa shape index (κ3) is 4.83. The quantitative estimate of drug-likeness (QED) is 0.850. The lowest BCUT2D eigenvalue weighted by atomic mass is 10.1. The fourth-order valence-electron chi connectivity index (χ4n) is 3.95. The van der Waals surface area contributed by atoms with Crippen molar-refractivity contribution in [3.8, 4) is 0 Å². The highest BCUT2D eigenvalue weighted by Crippen LogP contribution is 2.23. The van der Waals surface area contributed by atoms with Crippen LogP contribution in [0.5, 0.6) is 0 Å². The van der Waals surface area contributed by atoms with Crippen LogP contribution < -0.4 is 10.2 Å². The lowest BCUT2D eigenvalue weighted by Crippen LogP contribution is -2.49. The van der Waals surface area contributed by atoms with Gasteiger partial charge in [-0.1, -0.05) is 6.07 Å². The van der Waals surface area contributed by atoms with Crippen LogP contribution in [0.3, 0.4) is 0 Å². The van der Waals surface area contributed by atoms with Crippen molar-refractivity contribution < 1.29 is 4.79 Å². The highest BCUT2D eigenvalue weighted by Gasteiger charge is 2.22. The molecule has 4 rings (SSSR count). The highest BCUT2D eigenvalue weighted by molar-refractivity contribution is 7.09. The zero-order valence-electron chi connectivity index (χ0n) is 16.6. The third-order valence-corrected chi connectivity index (χ3v) is 6.35. The number of hydrogen-bond donors (Lipinski definition) is 1. The molecule has 0 bridgehead atoms. The second kappa shape index (κ2) is 8.92. The number of carbonyl (C=O) groups is 1. The van der Waals surface area contributed by atoms with Crippen LogP contribution in [0.25, 0.3) is 0 Å². The summed E-state index contributed by atoms with van der Waals surface area (Å²) in [5.41, 5.74) is 3.23. The standard InChI is InChI=1S/C21H29N5OS/c1-17-22-19(16-28-17)15-24-10-12-26(13-11-24)21(27)23-18-6-5-7-20(14-18)25-8-3-2-4-9-25/h5-7,14,16H,2-4,8-13,15H2,1H3,(H,23,27). The molecule has 2 saturated heterocycles. The average Bonchev–Trinajstić information content (AvgIpc) is 3.14. The predicted molar refractivity (Wildman–Crippen MR) is 115 cm³/mol. The Kier molecular flexibility index (Phi) is 6.12. The Morgan fingerprint density at radius 2 is 1.89 bits per heavy atom.